The van der Waals surface area contributed by atoms with Crippen molar-refractivity contribution >= 4 is 17.5 Å². The molecular formula is C25H26N2O2. The number of benzene rings is 3. The standard InChI is InChI=1S/C25H26N2O2/c1-4-27(17-20-12-6-5-7-13-20)25(29)22-15-9-14-21(16-22)24(28)26-23-18(2)10-8-11-19(23)3/h5-16H,4,17H2,1-3H3,(H,26,28). The summed E-state index contributed by atoms with van der Waals surface area (Å²) in [6.45, 7) is 7.01. The molecule has 1 N–H and O–H groups in total. The molecule has 0 fully saturated rings. The SMILES string of the molecule is CCN(Cc1ccccc1)C(=O)c1cccc(C(=O)Nc2c(C)cccc2C)c1. The Morgan fingerprint density at radius 3 is 2.10 bits per heavy atom. The molecule has 3 rings (SSSR count). The molecule has 0 aromatic heterocycles. The summed E-state index contributed by atoms with van der Waals surface area (Å²) in [5.41, 5.74) is 4.88. The number of aryl methyl sites for hydroxylation is 2. The van der Waals surface area contributed by atoms with Crippen LogP contribution >= 0.6 is 0 Å². The van der Waals surface area contributed by atoms with Gasteiger partial charge in [-0.1, -0.05) is 54.6 Å². The minimum Gasteiger partial charge on any atom is -0.335 e. The van der Waals surface area contributed by atoms with Crippen LogP contribution in [-0.4, -0.2) is 23.3 Å². The van der Waals surface area contributed by atoms with E-state index in [1.54, 1.807) is 29.2 Å². The minimum absolute atomic E-state index is 0.0851. The van der Waals surface area contributed by atoms with Gasteiger partial charge in [-0.3, -0.25) is 9.59 Å². The zero-order valence-corrected chi connectivity index (χ0v) is 17.1. The first kappa shape index (κ1) is 20.3. The van der Waals surface area contributed by atoms with Crippen LogP contribution in [-0.2, 0) is 6.54 Å². The first-order chi connectivity index (χ1) is 14.0. The number of nitrogens with one attached hydrogen (secondary N) is 1. The summed E-state index contributed by atoms with van der Waals surface area (Å²) in [5.74, 6) is -0.304. The van der Waals surface area contributed by atoms with Crippen LogP contribution in [0.2, 0.25) is 0 Å². The van der Waals surface area contributed by atoms with Crippen LogP contribution < -0.4 is 5.32 Å². The number of nitrogens with zero attached hydrogens (tertiary/aromatic N) is 1. The molecule has 0 bridgehead atoms. The molecule has 0 saturated heterocycles. The molecule has 3 aromatic rings. The Hall–Kier alpha value is -3.40. The molecule has 2 amide bonds. The molecule has 4 heteroatoms. The van der Waals surface area contributed by atoms with Crippen molar-refractivity contribution < 1.29 is 9.59 Å². The van der Waals surface area contributed by atoms with E-state index in [-0.39, 0.29) is 11.8 Å². The molecule has 0 aliphatic carbocycles. The quantitative estimate of drug-likeness (QED) is 0.631. The number of hydrogen-bond donors (Lipinski definition) is 1. The summed E-state index contributed by atoms with van der Waals surface area (Å²) < 4.78 is 0. The maximum Gasteiger partial charge on any atom is 0.255 e. The second-order valence-corrected chi connectivity index (χ2v) is 7.11. The first-order valence-corrected chi connectivity index (χ1v) is 9.80. The first-order valence-electron chi connectivity index (χ1n) is 9.80. The Morgan fingerprint density at radius 1 is 0.828 bits per heavy atom. The van der Waals surface area contributed by atoms with E-state index in [2.05, 4.69) is 5.32 Å². The molecule has 0 aliphatic heterocycles. The van der Waals surface area contributed by atoms with E-state index in [1.165, 1.54) is 0 Å². The fourth-order valence-corrected chi connectivity index (χ4v) is 3.30. The van der Waals surface area contributed by atoms with E-state index < -0.39 is 0 Å². The molecule has 4 nitrogen and oxygen atoms in total. The lowest BCUT2D eigenvalue weighted by atomic mass is 10.1. The van der Waals surface area contributed by atoms with Crippen LogP contribution in [0.4, 0.5) is 5.69 Å². The zero-order valence-electron chi connectivity index (χ0n) is 17.1. The number of carbonyl (C=O) groups excluding carboxylic acids is 2. The summed E-state index contributed by atoms with van der Waals surface area (Å²) in [5, 5.41) is 2.98. The van der Waals surface area contributed by atoms with E-state index in [9.17, 15) is 9.59 Å². The highest BCUT2D eigenvalue weighted by atomic mass is 16.2. The molecule has 0 radical (unpaired) electrons. The number of anilines is 1. The monoisotopic (exact) mass is 386 g/mol. The van der Waals surface area contributed by atoms with Gasteiger partial charge in [-0.05, 0) is 55.7 Å². The number of amides is 2. The summed E-state index contributed by atoms with van der Waals surface area (Å²) in [6.07, 6.45) is 0. The Morgan fingerprint density at radius 2 is 1.45 bits per heavy atom. The van der Waals surface area contributed by atoms with Crippen molar-refractivity contribution in [2.24, 2.45) is 0 Å². The van der Waals surface area contributed by atoms with E-state index >= 15 is 0 Å². The Labute approximate surface area is 172 Å². The summed E-state index contributed by atoms with van der Waals surface area (Å²) in [4.78, 5) is 27.6. The van der Waals surface area contributed by atoms with Gasteiger partial charge >= 0.3 is 0 Å². The highest BCUT2D eigenvalue weighted by Crippen LogP contribution is 2.21. The summed E-state index contributed by atoms with van der Waals surface area (Å²) >= 11 is 0. The van der Waals surface area contributed by atoms with E-state index in [0.717, 1.165) is 22.4 Å². The Balaban J connectivity index is 1.79. The van der Waals surface area contributed by atoms with E-state index in [1.807, 2.05) is 69.3 Å². The van der Waals surface area contributed by atoms with Crippen LogP contribution in [0.5, 0.6) is 0 Å². The van der Waals surface area contributed by atoms with Gasteiger partial charge in [0, 0.05) is 29.9 Å². The van der Waals surface area contributed by atoms with Crippen molar-refractivity contribution in [3.8, 4) is 0 Å². The molecule has 29 heavy (non-hydrogen) atoms. The fraction of sp³-hybridized carbons (Fsp3) is 0.200. The van der Waals surface area contributed by atoms with E-state index in [0.29, 0.717) is 24.2 Å². The van der Waals surface area contributed by atoms with Gasteiger partial charge in [0.2, 0.25) is 0 Å². The largest absolute Gasteiger partial charge is 0.335 e. The van der Waals surface area contributed by atoms with Gasteiger partial charge in [-0.25, -0.2) is 0 Å². The van der Waals surface area contributed by atoms with Crippen LogP contribution in [0.15, 0.2) is 72.8 Å². The predicted octanol–water partition coefficient (Wildman–Crippen LogP) is 5.22. The van der Waals surface area contributed by atoms with Crippen molar-refractivity contribution in [2.75, 3.05) is 11.9 Å². The maximum atomic E-state index is 13.0. The van der Waals surface area contributed by atoms with Crippen molar-refractivity contribution in [3.05, 3.63) is 101 Å². The second kappa shape index (κ2) is 9.20. The second-order valence-electron chi connectivity index (χ2n) is 7.11. The zero-order chi connectivity index (χ0) is 20.8. The van der Waals surface area contributed by atoms with Crippen LogP contribution in [0.25, 0.3) is 0 Å². The van der Waals surface area contributed by atoms with Gasteiger partial charge in [0.1, 0.15) is 0 Å². The average molecular weight is 386 g/mol. The summed E-state index contributed by atoms with van der Waals surface area (Å²) in [6, 6.07) is 22.7. The fourth-order valence-electron chi connectivity index (χ4n) is 3.30. The lowest BCUT2D eigenvalue weighted by Gasteiger charge is -2.21. The Kier molecular flexibility index (Phi) is 6.45. The molecular weight excluding hydrogens is 360 g/mol. The molecule has 0 saturated carbocycles. The minimum atomic E-state index is -0.219. The number of para-hydroxylation sites is 1. The number of rotatable bonds is 6. The third-order valence-corrected chi connectivity index (χ3v) is 4.98. The third kappa shape index (κ3) is 4.91. The molecule has 0 atom stereocenters. The molecule has 3 aromatic carbocycles. The lowest BCUT2D eigenvalue weighted by molar-refractivity contribution is 0.0752. The van der Waals surface area contributed by atoms with Gasteiger partial charge in [0.15, 0.2) is 0 Å². The van der Waals surface area contributed by atoms with Gasteiger partial charge in [0.05, 0.1) is 0 Å². The van der Waals surface area contributed by atoms with Crippen molar-refractivity contribution in [1.29, 1.82) is 0 Å². The lowest BCUT2D eigenvalue weighted by Crippen LogP contribution is -2.30. The highest BCUT2D eigenvalue weighted by molar-refractivity contribution is 6.06. The summed E-state index contributed by atoms with van der Waals surface area (Å²) in [7, 11) is 0. The van der Waals surface area contributed by atoms with Crippen LogP contribution in [0, 0.1) is 13.8 Å². The predicted molar refractivity (Wildman–Crippen MR) is 117 cm³/mol. The molecule has 0 unspecified atom stereocenters. The van der Waals surface area contributed by atoms with Gasteiger partial charge < -0.3 is 10.2 Å². The van der Waals surface area contributed by atoms with Gasteiger partial charge in [0.25, 0.3) is 11.8 Å². The van der Waals surface area contributed by atoms with Crippen molar-refractivity contribution in [1.82, 2.24) is 4.90 Å². The third-order valence-electron chi connectivity index (χ3n) is 4.98. The maximum absolute atomic E-state index is 13.0. The molecule has 0 heterocycles. The molecule has 0 spiro atoms. The van der Waals surface area contributed by atoms with Crippen molar-refractivity contribution in [2.45, 2.75) is 27.3 Å². The molecule has 0 aliphatic rings. The average Bonchev–Trinajstić information content (AvgIpc) is 2.75. The number of carbonyl (C=O) groups is 2. The highest BCUT2D eigenvalue weighted by Gasteiger charge is 2.17. The van der Waals surface area contributed by atoms with Gasteiger partial charge in [-0.2, -0.15) is 0 Å². The Bertz CT molecular complexity index is 992. The normalized spacial score (nSPS) is 10.4. The van der Waals surface area contributed by atoms with E-state index in [4.69, 9.17) is 0 Å². The van der Waals surface area contributed by atoms with Crippen LogP contribution in [0.1, 0.15) is 44.3 Å². The van der Waals surface area contributed by atoms with Gasteiger partial charge in [-0.15, -0.1) is 0 Å². The topological polar surface area (TPSA) is 49.4 Å². The smallest absolute Gasteiger partial charge is 0.255 e. The van der Waals surface area contributed by atoms with Crippen LogP contribution in [0.3, 0.4) is 0 Å². The van der Waals surface area contributed by atoms with Crippen molar-refractivity contribution in [3.63, 3.8) is 0 Å². The number of hydrogen-bond acceptors (Lipinski definition) is 2. The molecule has 148 valence electrons.